The van der Waals surface area contributed by atoms with Crippen molar-refractivity contribution in [3.8, 4) is 0 Å². The van der Waals surface area contributed by atoms with Gasteiger partial charge in [-0.3, -0.25) is 9.10 Å². The van der Waals surface area contributed by atoms with Crippen LogP contribution in [0.25, 0.3) is 0 Å². The average Bonchev–Trinajstić information content (AvgIpc) is 3.22. The van der Waals surface area contributed by atoms with Gasteiger partial charge in [0.1, 0.15) is 0 Å². The molecule has 1 aromatic heterocycles. The Hall–Kier alpha value is -3.31. The lowest BCUT2D eigenvalue weighted by Crippen LogP contribution is -2.27. The molecule has 31 heavy (non-hydrogen) atoms. The van der Waals surface area contributed by atoms with E-state index in [-0.39, 0.29) is 27.8 Å². The van der Waals surface area contributed by atoms with E-state index >= 15 is 0 Å². The van der Waals surface area contributed by atoms with Gasteiger partial charge in [-0.25, -0.2) is 13.2 Å². The summed E-state index contributed by atoms with van der Waals surface area (Å²) in [7, 11) is -2.45. The lowest BCUT2D eigenvalue weighted by atomic mass is 10.2. The Labute approximate surface area is 183 Å². The number of hydrogen-bond donors (Lipinski definition) is 1. The maximum Gasteiger partial charge on any atom is 0.362 e. The topological polar surface area (TPSA) is 119 Å². The number of nitrogens with one attached hydrogen (secondary N) is 1. The highest BCUT2D eigenvalue weighted by Crippen LogP contribution is 2.24. The van der Waals surface area contributed by atoms with Crippen LogP contribution in [-0.4, -0.2) is 43.5 Å². The van der Waals surface area contributed by atoms with Crippen LogP contribution in [0.2, 0.25) is 0 Å². The first-order valence-corrected chi connectivity index (χ1v) is 11.4. The molecule has 0 unspecified atom stereocenters. The van der Waals surface area contributed by atoms with E-state index in [9.17, 15) is 18.0 Å². The Kier molecular flexibility index (Phi) is 6.66. The van der Waals surface area contributed by atoms with Crippen molar-refractivity contribution in [2.24, 2.45) is 0 Å². The SMILES string of the molecule is CCOC(=O)c1nnsc1NC(=O)c1cccc(S(=O)(=O)N(C)c2ccc(C)cc2)c1. The molecule has 0 aliphatic rings. The summed E-state index contributed by atoms with van der Waals surface area (Å²) in [6, 6.07) is 12.7. The molecular weight excluding hydrogens is 440 g/mol. The molecule has 162 valence electrons. The molecule has 2 aromatic carbocycles. The molecule has 0 fully saturated rings. The third-order valence-electron chi connectivity index (χ3n) is 4.34. The van der Waals surface area contributed by atoms with Gasteiger partial charge in [-0.15, -0.1) is 5.10 Å². The number of ether oxygens (including phenoxy) is 1. The second-order valence-electron chi connectivity index (χ2n) is 6.46. The number of sulfonamides is 1. The quantitative estimate of drug-likeness (QED) is 0.538. The fourth-order valence-corrected chi connectivity index (χ4v) is 4.43. The van der Waals surface area contributed by atoms with Gasteiger partial charge in [-0.05, 0) is 44.2 Å². The standard InChI is InChI=1S/C20H20N4O5S2/c1-4-29-20(26)17-19(30-23-22-17)21-18(25)14-6-5-7-16(12-14)31(27,28)24(3)15-10-8-13(2)9-11-15/h5-12H,4H2,1-3H3,(H,21,25). The van der Waals surface area contributed by atoms with Gasteiger partial charge in [-0.2, -0.15) is 0 Å². The molecule has 0 radical (unpaired) electrons. The van der Waals surface area contributed by atoms with Crippen molar-refractivity contribution >= 4 is 44.1 Å². The number of carbonyl (C=O) groups excluding carboxylic acids is 2. The van der Waals surface area contributed by atoms with E-state index in [4.69, 9.17) is 4.74 Å². The molecular formula is C20H20N4O5S2. The molecule has 1 N–H and O–H groups in total. The number of nitrogens with zero attached hydrogens (tertiary/aromatic N) is 3. The largest absolute Gasteiger partial charge is 0.461 e. The minimum absolute atomic E-state index is 0.0451. The monoisotopic (exact) mass is 460 g/mol. The first-order valence-electron chi connectivity index (χ1n) is 9.20. The number of aromatic nitrogens is 2. The Balaban J connectivity index is 1.84. The van der Waals surface area contributed by atoms with Crippen molar-refractivity contribution in [3.63, 3.8) is 0 Å². The van der Waals surface area contributed by atoms with Crippen LogP contribution in [0.5, 0.6) is 0 Å². The molecule has 11 heteroatoms. The Bertz CT molecular complexity index is 1210. The molecule has 0 spiro atoms. The van der Waals surface area contributed by atoms with Gasteiger partial charge >= 0.3 is 5.97 Å². The maximum atomic E-state index is 13.0. The van der Waals surface area contributed by atoms with Gasteiger partial charge < -0.3 is 10.1 Å². The van der Waals surface area contributed by atoms with Gasteiger partial charge in [0.2, 0.25) is 5.69 Å². The van der Waals surface area contributed by atoms with E-state index < -0.39 is 21.9 Å². The second kappa shape index (κ2) is 9.23. The minimum Gasteiger partial charge on any atom is -0.461 e. The average molecular weight is 461 g/mol. The minimum atomic E-state index is -3.89. The molecule has 0 atom stereocenters. The molecule has 3 rings (SSSR count). The van der Waals surface area contributed by atoms with Gasteiger partial charge in [0.15, 0.2) is 5.00 Å². The van der Waals surface area contributed by atoms with E-state index in [2.05, 4.69) is 14.9 Å². The second-order valence-corrected chi connectivity index (χ2v) is 9.18. The molecule has 1 amide bonds. The highest BCUT2D eigenvalue weighted by atomic mass is 32.2. The Morgan fingerprint density at radius 1 is 1.16 bits per heavy atom. The summed E-state index contributed by atoms with van der Waals surface area (Å²) in [6.45, 7) is 3.71. The number of benzene rings is 2. The van der Waals surface area contributed by atoms with Crippen molar-refractivity contribution in [2.75, 3.05) is 23.3 Å². The summed E-state index contributed by atoms with van der Waals surface area (Å²) in [5.74, 6) is -1.31. The lowest BCUT2D eigenvalue weighted by molar-refractivity contribution is 0.0520. The normalized spacial score (nSPS) is 11.1. The smallest absolute Gasteiger partial charge is 0.362 e. The number of hydrogen-bond acceptors (Lipinski definition) is 8. The zero-order valence-corrected chi connectivity index (χ0v) is 18.7. The van der Waals surface area contributed by atoms with Crippen LogP contribution in [0.15, 0.2) is 53.4 Å². The van der Waals surface area contributed by atoms with Crippen LogP contribution in [-0.2, 0) is 14.8 Å². The summed E-state index contributed by atoms with van der Waals surface area (Å²) in [4.78, 5) is 24.5. The van der Waals surface area contributed by atoms with Gasteiger partial charge in [0, 0.05) is 24.1 Å². The molecule has 0 aliphatic heterocycles. The number of amides is 1. The zero-order valence-electron chi connectivity index (χ0n) is 17.0. The highest BCUT2D eigenvalue weighted by Gasteiger charge is 2.24. The molecule has 0 saturated carbocycles. The van der Waals surface area contributed by atoms with Crippen molar-refractivity contribution in [3.05, 3.63) is 65.4 Å². The predicted octanol–water partition coefficient (Wildman–Crippen LogP) is 3.10. The number of carbonyl (C=O) groups is 2. The van der Waals surface area contributed by atoms with E-state index in [1.165, 1.54) is 31.3 Å². The van der Waals surface area contributed by atoms with Crippen LogP contribution < -0.4 is 9.62 Å². The van der Waals surface area contributed by atoms with Gasteiger partial charge in [0.05, 0.1) is 17.2 Å². The van der Waals surface area contributed by atoms with Crippen LogP contribution in [0, 0.1) is 6.92 Å². The van der Waals surface area contributed by atoms with Gasteiger partial charge in [0.25, 0.3) is 15.9 Å². The van der Waals surface area contributed by atoms with Crippen LogP contribution in [0.4, 0.5) is 10.7 Å². The van der Waals surface area contributed by atoms with E-state index in [1.807, 2.05) is 19.1 Å². The van der Waals surface area contributed by atoms with E-state index in [1.54, 1.807) is 19.1 Å². The molecule has 0 aliphatic carbocycles. The lowest BCUT2D eigenvalue weighted by Gasteiger charge is -2.20. The van der Waals surface area contributed by atoms with Crippen LogP contribution >= 0.6 is 11.5 Å². The Morgan fingerprint density at radius 3 is 2.55 bits per heavy atom. The zero-order chi connectivity index (χ0) is 22.6. The molecule has 0 saturated heterocycles. The van der Waals surface area contributed by atoms with Crippen LogP contribution in [0.1, 0.15) is 33.3 Å². The van der Waals surface area contributed by atoms with Crippen LogP contribution in [0.3, 0.4) is 0 Å². The third-order valence-corrected chi connectivity index (χ3v) is 6.76. The predicted molar refractivity (Wildman–Crippen MR) is 117 cm³/mol. The fourth-order valence-electron chi connectivity index (χ4n) is 2.63. The summed E-state index contributed by atoms with van der Waals surface area (Å²) < 4.78 is 35.8. The molecule has 3 aromatic rings. The summed E-state index contributed by atoms with van der Waals surface area (Å²) >= 11 is 0.819. The summed E-state index contributed by atoms with van der Waals surface area (Å²) in [5, 5.41) is 6.33. The molecule has 9 nitrogen and oxygen atoms in total. The summed E-state index contributed by atoms with van der Waals surface area (Å²) in [5.41, 5.74) is 1.49. The Morgan fingerprint density at radius 2 is 1.87 bits per heavy atom. The van der Waals surface area contributed by atoms with Gasteiger partial charge in [-0.1, -0.05) is 28.3 Å². The number of rotatable bonds is 7. The first kappa shape index (κ1) is 22.4. The number of esters is 1. The van der Waals surface area contributed by atoms with Crippen molar-refractivity contribution in [1.29, 1.82) is 0 Å². The number of anilines is 2. The van der Waals surface area contributed by atoms with Crippen molar-refractivity contribution in [1.82, 2.24) is 9.59 Å². The van der Waals surface area contributed by atoms with E-state index in [0.717, 1.165) is 21.4 Å². The highest BCUT2D eigenvalue weighted by molar-refractivity contribution is 7.92. The first-order chi connectivity index (χ1) is 14.7. The number of aryl methyl sites for hydroxylation is 1. The van der Waals surface area contributed by atoms with Crippen molar-refractivity contribution in [2.45, 2.75) is 18.7 Å². The van der Waals surface area contributed by atoms with Crippen molar-refractivity contribution < 1.29 is 22.7 Å². The summed E-state index contributed by atoms with van der Waals surface area (Å²) in [6.07, 6.45) is 0. The molecule has 1 heterocycles. The molecule has 0 bridgehead atoms. The fraction of sp³-hybridized carbons (Fsp3) is 0.200. The van der Waals surface area contributed by atoms with E-state index in [0.29, 0.717) is 5.69 Å². The maximum absolute atomic E-state index is 13.0. The third kappa shape index (κ3) is 4.89.